The van der Waals surface area contributed by atoms with E-state index in [-0.39, 0.29) is 5.91 Å². The van der Waals surface area contributed by atoms with Crippen molar-refractivity contribution in [2.24, 2.45) is 0 Å². The number of amides is 1. The van der Waals surface area contributed by atoms with E-state index in [1.54, 1.807) is 11.3 Å². The van der Waals surface area contributed by atoms with Crippen molar-refractivity contribution < 1.29 is 4.79 Å². The molecule has 25 heavy (non-hydrogen) atoms. The van der Waals surface area contributed by atoms with Crippen LogP contribution in [0.5, 0.6) is 0 Å². The van der Waals surface area contributed by atoms with Gasteiger partial charge in [-0.1, -0.05) is 0 Å². The number of hydrogen-bond donors (Lipinski definition) is 1. The van der Waals surface area contributed by atoms with Crippen molar-refractivity contribution in [3.8, 4) is 0 Å². The van der Waals surface area contributed by atoms with Gasteiger partial charge < -0.3 is 4.90 Å². The molecule has 0 aromatic carbocycles. The van der Waals surface area contributed by atoms with E-state index < -0.39 is 0 Å². The summed E-state index contributed by atoms with van der Waals surface area (Å²) in [6.07, 6.45) is 6.78. The van der Waals surface area contributed by atoms with Crippen molar-refractivity contribution in [3.05, 3.63) is 39.3 Å². The van der Waals surface area contributed by atoms with E-state index in [2.05, 4.69) is 20.5 Å². The molecule has 4 rings (SSSR count). The molecule has 1 atom stereocenters. The van der Waals surface area contributed by atoms with Crippen LogP contribution in [0.25, 0.3) is 0 Å². The molecule has 1 N–H and O–H groups in total. The largest absolute Gasteiger partial charge is 0.337 e. The van der Waals surface area contributed by atoms with Crippen LogP contribution in [-0.2, 0) is 6.54 Å². The fourth-order valence-corrected chi connectivity index (χ4v) is 4.94. The average molecular weight is 359 g/mol. The summed E-state index contributed by atoms with van der Waals surface area (Å²) in [4.78, 5) is 18.2. The molecule has 1 amide bonds. The average Bonchev–Trinajstić information content (AvgIpc) is 3.37. The molecule has 2 aromatic heterocycles. The van der Waals surface area contributed by atoms with Crippen molar-refractivity contribution in [2.45, 2.75) is 45.1 Å². The van der Waals surface area contributed by atoms with E-state index in [0.29, 0.717) is 5.92 Å². The summed E-state index contributed by atoms with van der Waals surface area (Å²) in [6, 6.07) is 2.01. The Morgan fingerprint density at radius 3 is 2.92 bits per heavy atom. The Labute approximate surface area is 153 Å². The standard InChI is InChI=1S/C19H26N4OS/c1-14-9-17(25-13-14)19(24)23-8-4-5-15(12-23)18-16(10-20-21-18)11-22-6-2-3-7-22/h9-10,13,15H,2-8,11-12H2,1H3,(H,20,21). The summed E-state index contributed by atoms with van der Waals surface area (Å²) >= 11 is 1.56. The van der Waals surface area contributed by atoms with Gasteiger partial charge in [0.2, 0.25) is 0 Å². The van der Waals surface area contributed by atoms with Gasteiger partial charge in [-0.3, -0.25) is 14.8 Å². The second kappa shape index (κ2) is 7.30. The Hall–Kier alpha value is -1.66. The molecule has 0 saturated carbocycles. The van der Waals surface area contributed by atoms with E-state index in [4.69, 9.17) is 0 Å². The quantitative estimate of drug-likeness (QED) is 0.911. The maximum absolute atomic E-state index is 12.8. The van der Waals surface area contributed by atoms with E-state index in [1.807, 2.05) is 24.1 Å². The summed E-state index contributed by atoms with van der Waals surface area (Å²) < 4.78 is 0. The van der Waals surface area contributed by atoms with Gasteiger partial charge in [0.05, 0.1) is 11.1 Å². The van der Waals surface area contributed by atoms with Gasteiger partial charge in [0, 0.05) is 36.8 Å². The summed E-state index contributed by atoms with van der Waals surface area (Å²) in [6.45, 7) is 7.07. The third-order valence-corrected chi connectivity index (χ3v) is 6.44. The maximum Gasteiger partial charge on any atom is 0.263 e. The van der Waals surface area contributed by atoms with Crippen molar-refractivity contribution in [1.29, 1.82) is 0 Å². The first kappa shape index (κ1) is 16.8. The SMILES string of the molecule is Cc1csc(C(=O)N2CCCC(c3[nH]ncc3CN3CCCC3)C2)c1. The summed E-state index contributed by atoms with van der Waals surface area (Å²) in [5, 5.41) is 9.61. The van der Waals surface area contributed by atoms with Crippen LogP contribution >= 0.6 is 11.3 Å². The first-order valence-electron chi connectivity index (χ1n) is 9.29. The minimum Gasteiger partial charge on any atom is -0.337 e. The molecule has 4 heterocycles. The molecule has 0 radical (unpaired) electrons. The molecular weight excluding hydrogens is 332 g/mol. The lowest BCUT2D eigenvalue weighted by atomic mass is 9.92. The van der Waals surface area contributed by atoms with Gasteiger partial charge in [0.1, 0.15) is 0 Å². The highest BCUT2D eigenvalue weighted by Crippen LogP contribution is 2.30. The molecule has 5 nitrogen and oxygen atoms in total. The van der Waals surface area contributed by atoms with Crippen LogP contribution in [0.4, 0.5) is 0 Å². The van der Waals surface area contributed by atoms with Gasteiger partial charge in [-0.15, -0.1) is 11.3 Å². The highest BCUT2D eigenvalue weighted by Gasteiger charge is 2.29. The summed E-state index contributed by atoms with van der Waals surface area (Å²) in [5.74, 6) is 0.558. The second-order valence-electron chi connectivity index (χ2n) is 7.37. The van der Waals surface area contributed by atoms with E-state index in [9.17, 15) is 4.79 Å². The number of nitrogens with one attached hydrogen (secondary N) is 1. The Morgan fingerprint density at radius 1 is 1.32 bits per heavy atom. The number of H-pyrrole nitrogens is 1. The number of piperidine rings is 1. The van der Waals surface area contributed by atoms with Crippen molar-refractivity contribution in [2.75, 3.05) is 26.2 Å². The third-order valence-electron chi connectivity index (χ3n) is 5.40. The minimum atomic E-state index is 0.184. The number of carbonyl (C=O) groups is 1. The van der Waals surface area contributed by atoms with E-state index in [1.165, 1.54) is 42.8 Å². The monoisotopic (exact) mass is 358 g/mol. The maximum atomic E-state index is 12.8. The molecule has 0 aliphatic carbocycles. The van der Waals surface area contributed by atoms with Crippen molar-refractivity contribution >= 4 is 17.2 Å². The molecule has 2 fully saturated rings. The van der Waals surface area contributed by atoms with Crippen LogP contribution in [0, 0.1) is 6.92 Å². The van der Waals surface area contributed by atoms with Crippen molar-refractivity contribution in [3.63, 3.8) is 0 Å². The Kier molecular flexibility index (Phi) is 4.90. The Bertz CT molecular complexity index is 731. The number of thiophene rings is 1. The van der Waals surface area contributed by atoms with Crippen LogP contribution in [0.3, 0.4) is 0 Å². The predicted molar refractivity (Wildman–Crippen MR) is 100 cm³/mol. The fourth-order valence-electron chi connectivity index (χ4n) is 4.08. The number of carbonyl (C=O) groups excluding carboxylic acids is 1. The zero-order chi connectivity index (χ0) is 17.2. The van der Waals surface area contributed by atoms with Crippen molar-refractivity contribution in [1.82, 2.24) is 20.0 Å². The molecule has 1 unspecified atom stereocenters. The first-order chi connectivity index (χ1) is 12.2. The van der Waals surface area contributed by atoms with Gasteiger partial charge in [-0.25, -0.2) is 0 Å². The summed E-state index contributed by atoms with van der Waals surface area (Å²) in [7, 11) is 0. The number of aromatic amines is 1. The zero-order valence-electron chi connectivity index (χ0n) is 14.8. The molecule has 0 bridgehead atoms. The number of aryl methyl sites for hydroxylation is 1. The number of hydrogen-bond acceptors (Lipinski definition) is 4. The van der Waals surface area contributed by atoms with E-state index >= 15 is 0 Å². The summed E-state index contributed by atoms with van der Waals surface area (Å²) in [5.41, 5.74) is 3.73. The first-order valence-corrected chi connectivity index (χ1v) is 10.2. The van der Waals surface area contributed by atoms with Gasteiger partial charge in [0.25, 0.3) is 5.91 Å². The molecule has 2 aliphatic rings. The normalized spacial score (nSPS) is 21.8. The topological polar surface area (TPSA) is 52.2 Å². The second-order valence-corrected chi connectivity index (χ2v) is 8.28. The van der Waals surface area contributed by atoms with Gasteiger partial charge in [-0.2, -0.15) is 5.10 Å². The van der Waals surface area contributed by atoms with Gasteiger partial charge in [-0.05, 0) is 62.7 Å². The highest BCUT2D eigenvalue weighted by molar-refractivity contribution is 7.12. The molecular formula is C19H26N4OS. The Balaban J connectivity index is 1.46. The number of likely N-dealkylation sites (tertiary alicyclic amines) is 2. The van der Waals surface area contributed by atoms with Crippen LogP contribution in [0.2, 0.25) is 0 Å². The van der Waals surface area contributed by atoms with Crippen LogP contribution in [0.15, 0.2) is 17.6 Å². The molecule has 134 valence electrons. The lowest BCUT2D eigenvalue weighted by Crippen LogP contribution is -2.39. The van der Waals surface area contributed by atoms with Crippen LogP contribution < -0.4 is 0 Å². The predicted octanol–water partition coefficient (Wildman–Crippen LogP) is 3.40. The smallest absolute Gasteiger partial charge is 0.263 e. The minimum absolute atomic E-state index is 0.184. The number of nitrogens with zero attached hydrogens (tertiary/aromatic N) is 3. The third kappa shape index (κ3) is 3.65. The van der Waals surface area contributed by atoms with Gasteiger partial charge >= 0.3 is 0 Å². The number of aromatic nitrogens is 2. The Morgan fingerprint density at radius 2 is 2.16 bits per heavy atom. The molecule has 2 aromatic rings. The molecule has 6 heteroatoms. The lowest BCUT2D eigenvalue weighted by Gasteiger charge is -2.32. The fraction of sp³-hybridized carbons (Fsp3) is 0.579. The van der Waals surface area contributed by atoms with E-state index in [0.717, 1.165) is 37.4 Å². The highest BCUT2D eigenvalue weighted by atomic mass is 32.1. The molecule has 2 saturated heterocycles. The van der Waals surface area contributed by atoms with Crippen LogP contribution in [-0.4, -0.2) is 52.1 Å². The lowest BCUT2D eigenvalue weighted by molar-refractivity contribution is 0.0710. The zero-order valence-corrected chi connectivity index (χ0v) is 15.6. The van der Waals surface area contributed by atoms with Crippen LogP contribution in [0.1, 0.15) is 58.1 Å². The number of rotatable bonds is 4. The molecule has 0 spiro atoms. The molecule has 2 aliphatic heterocycles. The van der Waals surface area contributed by atoms with Gasteiger partial charge in [0.15, 0.2) is 0 Å².